The molecule has 0 spiro atoms. The van der Waals surface area contributed by atoms with Crippen molar-refractivity contribution in [3.8, 4) is 17.4 Å². The van der Waals surface area contributed by atoms with Crippen molar-refractivity contribution in [1.82, 2.24) is 9.55 Å². The minimum Gasteiger partial charge on any atom is -0.508 e. The molecule has 3 aromatic carbocycles. The Kier molecular flexibility index (Phi) is 4.47. The molecule has 2 aliphatic rings. The molecule has 0 fully saturated rings. The Labute approximate surface area is 191 Å². The van der Waals surface area contributed by atoms with Gasteiger partial charge in [-0.2, -0.15) is 0 Å². The molecule has 2 heterocycles. The van der Waals surface area contributed by atoms with E-state index in [1.165, 1.54) is 0 Å². The van der Waals surface area contributed by atoms with E-state index >= 15 is 0 Å². The molecule has 1 aromatic heterocycles. The molecule has 1 aliphatic carbocycles. The van der Waals surface area contributed by atoms with Gasteiger partial charge >= 0.3 is 0 Å². The van der Waals surface area contributed by atoms with Crippen molar-refractivity contribution in [3.63, 3.8) is 0 Å². The molecule has 164 valence electrons. The number of imidazole rings is 1. The lowest BCUT2D eigenvalue weighted by Crippen LogP contribution is -2.26. The predicted molar refractivity (Wildman–Crippen MR) is 125 cm³/mol. The highest BCUT2D eigenvalue weighted by Crippen LogP contribution is 2.48. The highest BCUT2D eigenvalue weighted by atomic mass is 16.3. The smallest absolute Gasteiger partial charge is 0.215 e. The third kappa shape index (κ3) is 3.35. The van der Waals surface area contributed by atoms with Crippen LogP contribution in [0.15, 0.2) is 77.8 Å². The van der Waals surface area contributed by atoms with E-state index in [9.17, 15) is 15.3 Å². The molecule has 0 saturated carbocycles. The largest absolute Gasteiger partial charge is 0.508 e. The van der Waals surface area contributed by atoms with E-state index in [0.717, 1.165) is 28.0 Å². The van der Waals surface area contributed by atoms with Crippen LogP contribution in [0.1, 0.15) is 45.9 Å². The van der Waals surface area contributed by atoms with E-state index in [1.807, 2.05) is 41.0 Å². The molecule has 0 unspecified atom stereocenters. The molecule has 33 heavy (non-hydrogen) atoms. The first kappa shape index (κ1) is 19.6. The molecule has 0 bridgehead atoms. The average molecular weight is 437 g/mol. The van der Waals surface area contributed by atoms with Gasteiger partial charge in [0.2, 0.25) is 5.88 Å². The Bertz CT molecular complexity index is 1370. The summed E-state index contributed by atoms with van der Waals surface area (Å²) in [6, 6.07) is 22.3. The second-order valence-corrected chi connectivity index (χ2v) is 8.76. The maximum absolute atomic E-state index is 11.3. The Morgan fingerprint density at radius 1 is 0.818 bits per heavy atom. The fraction of sp³-hybridized carbons (Fsp3) is 0.185. The normalized spacial score (nSPS) is 18.4. The highest BCUT2D eigenvalue weighted by molar-refractivity contribution is 6.00. The van der Waals surface area contributed by atoms with Gasteiger partial charge in [-0.05, 0) is 52.9 Å². The van der Waals surface area contributed by atoms with E-state index in [4.69, 9.17) is 9.98 Å². The molecule has 6 rings (SSSR count). The van der Waals surface area contributed by atoms with Crippen LogP contribution in [0.5, 0.6) is 17.4 Å². The minimum atomic E-state index is -0.131. The second kappa shape index (κ2) is 7.52. The van der Waals surface area contributed by atoms with Crippen LogP contribution in [-0.4, -0.2) is 30.6 Å². The molecule has 0 saturated heterocycles. The van der Waals surface area contributed by atoms with E-state index in [2.05, 4.69) is 12.1 Å². The van der Waals surface area contributed by atoms with Crippen LogP contribution in [0.3, 0.4) is 0 Å². The zero-order valence-corrected chi connectivity index (χ0v) is 17.9. The third-order valence-electron chi connectivity index (χ3n) is 6.60. The topological polar surface area (TPSA) is 90.9 Å². The molecular weight excluding hydrogens is 414 g/mol. The number of fused-ring (bicyclic) bond motifs is 5. The van der Waals surface area contributed by atoms with Crippen LogP contribution in [-0.2, 0) is 19.3 Å². The number of phenolic OH excluding ortho intramolecular Hbond substituents is 2. The van der Waals surface area contributed by atoms with Gasteiger partial charge in [0.25, 0.3) is 0 Å². The van der Waals surface area contributed by atoms with Gasteiger partial charge in [0.05, 0.1) is 17.8 Å². The van der Waals surface area contributed by atoms with Crippen LogP contribution in [0.4, 0.5) is 0 Å². The van der Waals surface area contributed by atoms with Gasteiger partial charge in [-0.3, -0.25) is 9.56 Å². The summed E-state index contributed by atoms with van der Waals surface area (Å²) in [5, 5.41) is 30.9. The number of hydrogen-bond donors (Lipinski definition) is 3. The molecule has 4 aromatic rings. The van der Waals surface area contributed by atoms with Crippen molar-refractivity contribution in [2.75, 3.05) is 0 Å². The molecule has 1 aliphatic heterocycles. The molecule has 2 atom stereocenters. The molecule has 0 amide bonds. The fourth-order valence-electron chi connectivity index (χ4n) is 5.04. The Hall–Kier alpha value is -4.06. The summed E-state index contributed by atoms with van der Waals surface area (Å²) in [5.74, 6) is 1.30. The number of benzene rings is 3. The van der Waals surface area contributed by atoms with Crippen LogP contribution in [0, 0.1) is 0 Å². The van der Waals surface area contributed by atoms with Crippen LogP contribution < -0.4 is 0 Å². The maximum atomic E-state index is 11.3. The summed E-state index contributed by atoms with van der Waals surface area (Å²) >= 11 is 0. The highest BCUT2D eigenvalue weighted by Gasteiger charge is 2.41. The van der Waals surface area contributed by atoms with Crippen molar-refractivity contribution in [2.45, 2.75) is 31.3 Å². The van der Waals surface area contributed by atoms with Gasteiger partial charge < -0.3 is 15.3 Å². The lowest BCUT2D eigenvalue weighted by molar-refractivity contribution is 0.351. The monoisotopic (exact) mass is 437 g/mol. The van der Waals surface area contributed by atoms with E-state index in [-0.39, 0.29) is 29.5 Å². The Morgan fingerprint density at radius 2 is 1.55 bits per heavy atom. The average Bonchev–Trinajstić information content (AvgIpc) is 3.33. The number of phenols is 2. The van der Waals surface area contributed by atoms with Crippen LogP contribution in [0.2, 0.25) is 0 Å². The second-order valence-electron chi connectivity index (χ2n) is 8.76. The van der Waals surface area contributed by atoms with E-state index < -0.39 is 0 Å². The Morgan fingerprint density at radius 3 is 2.33 bits per heavy atom. The molecule has 6 heteroatoms. The number of aromatic hydroxyl groups is 3. The number of rotatable bonds is 4. The molecule has 3 N–H and O–H groups in total. The third-order valence-corrected chi connectivity index (χ3v) is 6.60. The summed E-state index contributed by atoms with van der Waals surface area (Å²) in [5.41, 5.74) is 5.66. The first-order chi connectivity index (χ1) is 16.1. The fourth-order valence-corrected chi connectivity index (χ4v) is 5.04. The summed E-state index contributed by atoms with van der Waals surface area (Å²) in [6.07, 6.45) is 1.74. The number of aromatic nitrogens is 2. The van der Waals surface area contributed by atoms with Crippen molar-refractivity contribution >= 4 is 5.71 Å². The number of aliphatic imine (C=N–C) groups is 1. The summed E-state index contributed by atoms with van der Waals surface area (Å²) in [7, 11) is 0. The number of nitrogens with zero attached hydrogens (tertiary/aromatic N) is 3. The summed E-state index contributed by atoms with van der Waals surface area (Å²) in [6.45, 7) is 0. The first-order valence-corrected chi connectivity index (χ1v) is 11.1. The molecule has 0 radical (unpaired) electrons. The van der Waals surface area contributed by atoms with Crippen LogP contribution in [0.25, 0.3) is 0 Å². The molecular formula is C27H23N3O3. The first-order valence-electron chi connectivity index (χ1n) is 11.1. The van der Waals surface area contributed by atoms with Gasteiger partial charge in [0, 0.05) is 12.8 Å². The van der Waals surface area contributed by atoms with Crippen molar-refractivity contribution < 1.29 is 15.3 Å². The van der Waals surface area contributed by atoms with Gasteiger partial charge in [0.15, 0.2) is 5.82 Å². The van der Waals surface area contributed by atoms with Gasteiger partial charge in [-0.15, -0.1) is 0 Å². The Balaban J connectivity index is 1.45. The van der Waals surface area contributed by atoms with Crippen LogP contribution >= 0.6 is 0 Å². The zero-order valence-electron chi connectivity index (χ0n) is 17.9. The van der Waals surface area contributed by atoms with Gasteiger partial charge in [0.1, 0.15) is 17.2 Å². The van der Waals surface area contributed by atoms with E-state index in [1.54, 1.807) is 24.3 Å². The number of hydrogen-bond acceptors (Lipinski definition) is 5. The SMILES string of the molecule is Oc1ccc(Cc2nc3n(c2O)[C@@H]2Cc4cc(O)ccc4[C@@H]2N=C3Cc2ccccc2)cc1. The lowest BCUT2D eigenvalue weighted by Gasteiger charge is -2.27. The standard InChI is InChI=1S/C27H23N3O3/c31-19-8-6-17(7-9-19)13-23-27(33)30-24-15-18-14-20(32)10-11-21(18)25(24)28-22(26(30)29-23)12-16-4-2-1-3-5-16/h1-11,14,24-25,31-33H,12-13,15H2/t24-,25+/m1/s1. The van der Waals surface area contributed by atoms with Crippen molar-refractivity contribution in [3.05, 3.63) is 107 Å². The molecule has 6 nitrogen and oxygen atoms in total. The van der Waals surface area contributed by atoms with Crippen molar-refractivity contribution in [1.29, 1.82) is 0 Å². The summed E-state index contributed by atoms with van der Waals surface area (Å²) < 4.78 is 1.93. The predicted octanol–water partition coefficient (Wildman–Crippen LogP) is 4.47. The van der Waals surface area contributed by atoms with Crippen molar-refractivity contribution in [2.24, 2.45) is 4.99 Å². The summed E-state index contributed by atoms with van der Waals surface area (Å²) in [4.78, 5) is 9.99. The lowest BCUT2D eigenvalue weighted by atomic mass is 10.0. The zero-order chi connectivity index (χ0) is 22.5. The van der Waals surface area contributed by atoms with E-state index in [0.29, 0.717) is 30.8 Å². The quantitative estimate of drug-likeness (QED) is 0.439. The van der Waals surface area contributed by atoms with Gasteiger partial charge in [-0.1, -0.05) is 48.5 Å². The maximum Gasteiger partial charge on any atom is 0.215 e. The minimum absolute atomic E-state index is 0.0857. The van der Waals surface area contributed by atoms with Gasteiger partial charge in [-0.25, -0.2) is 4.98 Å².